The highest BCUT2D eigenvalue weighted by Gasteiger charge is 2.31. The van der Waals surface area contributed by atoms with Crippen LogP contribution in [-0.2, 0) is 16.6 Å². The van der Waals surface area contributed by atoms with Crippen molar-refractivity contribution in [2.45, 2.75) is 63.6 Å². The number of para-hydroxylation sites is 2. The van der Waals surface area contributed by atoms with Crippen molar-refractivity contribution in [2.24, 2.45) is 0 Å². The summed E-state index contributed by atoms with van der Waals surface area (Å²) in [6.07, 6.45) is 2.81. The lowest BCUT2D eigenvalue weighted by Gasteiger charge is -2.32. The maximum atomic E-state index is 13.0. The molecule has 2 unspecified atom stereocenters. The number of imidazole rings is 1. The van der Waals surface area contributed by atoms with Crippen LogP contribution in [0.5, 0.6) is 0 Å². The van der Waals surface area contributed by atoms with Crippen LogP contribution in [-0.4, -0.2) is 40.8 Å². The minimum absolute atomic E-state index is 0.00426. The van der Waals surface area contributed by atoms with Crippen LogP contribution in [0.2, 0.25) is 0 Å². The van der Waals surface area contributed by atoms with Gasteiger partial charge in [-0.1, -0.05) is 18.6 Å². The molecule has 170 valence electrons. The summed E-state index contributed by atoms with van der Waals surface area (Å²) in [4.78, 5) is 17.8. The van der Waals surface area contributed by atoms with Gasteiger partial charge in [-0.15, -0.1) is 0 Å². The summed E-state index contributed by atoms with van der Waals surface area (Å²) in [5.41, 5.74) is 2.35. The number of carbonyl (C=O) groups is 1. The molecule has 4 rings (SSSR count). The van der Waals surface area contributed by atoms with E-state index in [0.717, 1.165) is 42.7 Å². The maximum Gasteiger partial charge on any atom is 0.251 e. The van der Waals surface area contributed by atoms with Gasteiger partial charge in [-0.05, 0) is 70.0 Å². The highest BCUT2D eigenvalue weighted by molar-refractivity contribution is 7.89. The van der Waals surface area contributed by atoms with Crippen LogP contribution in [0.25, 0.3) is 11.0 Å². The summed E-state index contributed by atoms with van der Waals surface area (Å²) >= 11 is 0. The van der Waals surface area contributed by atoms with Crippen LogP contribution in [0.3, 0.4) is 0 Å². The molecule has 2 heterocycles. The van der Waals surface area contributed by atoms with E-state index in [1.807, 2.05) is 38.1 Å². The van der Waals surface area contributed by atoms with Gasteiger partial charge in [-0.2, -0.15) is 4.31 Å². The first-order chi connectivity index (χ1) is 15.3. The van der Waals surface area contributed by atoms with Crippen molar-refractivity contribution in [3.05, 3.63) is 59.9 Å². The lowest BCUT2D eigenvalue weighted by Crippen LogP contribution is -2.41. The number of aryl methyl sites for hydroxylation is 1. The van der Waals surface area contributed by atoms with E-state index in [9.17, 15) is 13.2 Å². The van der Waals surface area contributed by atoms with E-state index in [1.165, 1.54) is 12.1 Å². The highest BCUT2D eigenvalue weighted by Crippen LogP contribution is 2.26. The van der Waals surface area contributed by atoms with Gasteiger partial charge in [0, 0.05) is 24.7 Å². The van der Waals surface area contributed by atoms with Crippen LogP contribution in [0, 0.1) is 0 Å². The van der Waals surface area contributed by atoms with Crippen LogP contribution >= 0.6 is 0 Å². The van der Waals surface area contributed by atoms with Gasteiger partial charge in [0.05, 0.1) is 22.0 Å². The number of amides is 1. The Kier molecular flexibility index (Phi) is 6.35. The van der Waals surface area contributed by atoms with E-state index in [4.69, 9.17) is 4.98 Å². The lowest BCUT2D eigenvalue weighted by atomic mass is 10.1. The van der Waals surface area contributed by atoms with Crippen LogP contribution in [0.15, 0.2) is 53.4 Å². The number of hydrogen-bond donors (Lipinski definition) is 1. The minimum atomic E-state index is -3.56. The molecule has 7 nitrogen and oxygen atoms in total. The molecule has 1 saturated heterocycles. The number of carbonyl (C=O) groups excluding carboxylic acids is 1. The number of aromatic nitrogens is 2. The summed E-state index contributed by atoms with van der Waals surface area (Å²) in [6, 6.07) is 13.8. The zero-order chi connectivity index (χ0) is 22.9. The van der Waals surface area contributed by atoms with Crippen molar-refractivity contribution in [3.8, 4) is 0 Å². The average Bonchev–Trinajstić information content (AvgIpc) is 3.18. The molecule has 0 radical (unpaired) electrons. The van der Waals surface area contributed by atoms with E-state index < -0.39 is 10.0 Å². The average molecular weight is 455 g/mol. The number of rotatable bonds is 6. The quantitative estimate of drug-likeness (QED) is 0.607. The lowest BCUT2D eigenvalue weighted by molar-refractivity contribution is 0.0937. The van der Waals surface area contributed by atoms with E-state index in [-0.39, 0.29) is 22.9 Å². The molecule has 1 amide bonds. The van der Waals surface area contributed by atoms with Crippen LogP contribution in [0.4, 0.5) is 0 Å². The van der Waals surface area contributed by atoms with Gasteiger partial charge in [0.15, 0.2) is 0 Å². The zero-order valence-electron chi connectivity index (χ0n) is 18.8. The molecule has 1 aromatic heterocycles. The molecule has 0 saturated carbocycles. The minimum Gasteiger partial charge on any atom is -0.342 e. The molecule has 1 fully saturated rings. The Morgan fingerprint density at radius 1 is 1.16 bits per heavy atom. The topological polar surface area (TPSA) is 84.3 Å². The Labute approximate surface area is 189 Å². The maximum absolute atomic E-state index is 13.0. The molecule has 0 spiro atoms. The third-order valence-electron chi connectivity index (χ3n) is 6.20. The molecule has 0 aliphatic carbocycles. The Morgan fingerprint density at radius 3 is 2.56 bits per heavy atom. The molecular formula is C24H30N4O3S. The Balaban J connectivity index is 1.51. The SMILES string of the molecule is CCn1c(C(C)NC(=O)c2ccc(S(=O)(=O)N3CCCCC3C)cc2)nc2ccccc21. The van der Waals surface area contributed by atoms with Gasteiger partial charge >= 0.3 is 0 Å². The van der Waals surface area contributed by atoms with Crippen molar-refractivity contribution in [1.82, 2.24) is 19.2 Å². The van der Waals surface area contributed by atoms with Gasteiger partial charge < -0.3 is 9.88 Å². The van der Waals surface area contributed by atoms with Crippen molar-refractivity contribution >= 4 is 27.0 Å². The first kappa shape index (κ1) is 22.5. The van der Waals surface area contributed by atoms with E-state index in [0.29, 0.717) is 12.1 Å². The van der Waals surface area contributed by atoms with Crippen molar-refractivity contribution in [1.29, 1.82) is 0 Å². The molecule has 1 aliphatic heterocycles. The van der Waals surface area contributed by atoms with Gasteiger partial charge in [-0.3, -0.25) is 4.79 Å². The number of piperidine rings is 1. The van der Waals surface area contributed by atoms with E-state index >= 15 is 0 Å². The molecule has 2 aromatic carbocycles. The van der Waals surface area contributed by atoms with E-state index in [1.54, 1.807) is 16.4 Å². The number of hydrogen-bond acceptors (Lipinski definition) is 4. The first-order valence-electron chi connectivity index (χ1n) is 11.2. The number of nitrogens with one attached hydrogen (secondary N) is 1. The fourth-order valence-corrected chi connectivity index (χ4v) is 6.14. The second-order valence-electron chi connectivity index (χ2n) is 8.38. The summed E-state index contributed by atoms with van der Waals surface area (Å²) in [5.74, 6) is 0.530. The molecule has 1 aliphatic rings. The molecule has 3 aromatic rings. The third kappa shape index (κ3) is 4.17. The second-order valence-corrected chi connectivity index (χ2v) is 10.3. The zero-order valence-corrected chi connectivity index (χ0v) is 19.6. The number of benzene rings is 2. The predicted octanol–water partition coefficient (Wildman–Crippen LogP) is 4.11. The smallest absolute Gasteiger partial charge is 0.251 e. The van der Waals surface area contributed by atoms with E-state index in [2.05, 4.69) is 16.8 Å². The standard InChI is InChI=1S/C24H30N4O3S/c1-4-27-22-11-6-5-10-21(22)26-23(27)18(3)25-24(29)19-12-14-20(15-13-19)32(30,31)28-16-8-7-9-17(28)2/h5-6,10-15,17-18H,4,7-9,16H2,1-3H3,(H,25,29). The molecule has 8 heteroatoms. The number of fused-ring (bicyclic) bond motifs is 1. The van der Waals surface area contributed by atoms with Crippen molar-refractivity contribution < 1.29 is 13.2 Å². The van der Waals surface area contributed by atoms with Crippen LogP contribution in [0.1, 0.15) is 62.3 Å². The predicted molar refractivity (Wildman–Crippen MR) is 125 cm³/mol. The normalized spacial score (nSPS) is 18.5. The summed E-state index contributed by atoms with van der Waals surface area (Å²) < 4.78 is 29.7. The van der Waals surface area contributed by atoms with Gasteiger partial charge in [0.1, 0.15) is 5.82 Å². The molecule has 0 bridgehead atoms. The Morgan fingerprint density at radius 2 is 1.88 bits per heavy atom. The van der Waals surface area contributed by atoms with Gasteiger partial charge in [-0.25, -0.2) is 13.4 Å². The number of nitrogens with zero attached hydrogens (tertiary/aromatic N) is 3. The molecule has 1 N–H and O–H groups in total. The summed E-state index contributed by atoms with van der Waals surface area (Å²) in [6.45, 7) is 7.19. The first-order valence-corrected chi connectivity index (χ1v) is 12.6. The second kappa shape index (κ2) is 9.03. The molecular weight excluding hydrogens is 424 g/mol. The third-order valence-corrected chi connectivity index (χ3v) is 8.23. The monoisotopic (exact) mass is 454 g/mol. The Hall–Kier alpha value is -2.71. The fourth-order valence-electron chi connectivity index (χ4n) is 4.44. The molecule has 32 heavy (non-hydrogen) atoms. The van der Waals surface area contributed by atoms with Gasteiger partial charge in [0.25, 0.3) is 5.91 Å². The Bertz CT molecular complexity index is 1220. The fraction of sp³-hybridized carbons (Fsp3) is 0.417. The van der Waals surface area contributed by atoms with Crippen molar-refractivity contribution in [3.63, 3.8) is 0 Å². The van der Waals surface area contributed by atoms with Crippen LogP contribution < -0.4 is 5.32 Å². The largest absolute Gasteiger partial charge is 0.342 e. The van der Waals surface area contributed by atoms with Gasteiger partial charge in [0.2, 0.25) is 10.0 Å². The molecule has 2 atom stereocenters. The summed E-state index contributed by atoms with van der Waals surface area (Å²) in [5, 5.41) is 2.99. The highest BCUT2D eigenvalue weighted by atomic mass is 32.2. The van der Waals surface area contributed by atoms with Crippen molar-refractivity contribution in [2.75, 3.05) is 6.54 Å². The summed E-state index contributed by atoms with van der Waals surface area (Å²) in [7, 11) is -3.56. The number of sulfonamides is 1.